The van der Waals surface area contributed by atoms with Crippen LogP contribution in [0.25, 0.3) is 0 Å². The molecule has 0 aliphatic carbocycles. The molecule has 2 N–H and O–H groups in total. The molecule has 0 bridgehead atoms. The van der Waals surface area contributed by atoms with Crippen molar-refractivity contribution in [3.05, 3.63) is 59.9 Å². The standard InChI is InChI=1S/C20H22F3N3O3S/c1-13(25-30(28,29)19-5-3-2-4-17(19)22)20(27)24-11-14-8-9-26(12-14)15-6-7-16(21)18(23)10-15/h2-7,10,13-14,25H,8-9,11-12H2,1H3,(H,24,27)/t13-,14?/m0/s1. The zero-order chi connectivity index (χ0) is 21.9. The van der Waals surface area contributed by atoms with Gasteiger partial charge in [0.25, 0.3) is 0 Å². The summed E-state index contributed by atoms with van der Waals surface area (Å²) in [5.41, 5.74) is 0.564. The highest BCUT2D eigenvalue weighted by atomic mass is 32.2. The van der Waals surface area contributed by atoms with Crippen molar-refractivity contribution >= 4 is 21.6 Å². The fraction of sp³-hybridized carbons (Fsp3) is 0.350. The topological polar surface area (TPSA) is 78.5 Å². The average Bonchev–Trinajstić information content (AvgIpc) is 3.17. The average molecular weight is 441 g/mol. The Kier molecular flexibility index (Phi) is 6.67. The van der Waals surface area contributed by atoms with Gasteiger partial charge in [0.15, 0.2) is 11.6 Å². The number of benzene rings is 2. The van der Waals surface area contributed by atoms with Gasteiger partial charge in [-0.2, -0.15) is 4.72 Å². The number of amides is 1. The SMILES string of the molecule is C[C@H](NS(=O)(=O)c1ccccc1F)C(=O)NCC1CCN(c2ccc(F)c(F)c2)C1. The van der Waals surface area contributed by atoms with E-state index in [4.69, 9.17) is 0 Å². The largest absolute Gasteiger partial charge is 0.371 e. The molecule has 2 atom stereocenters. The van der Waals surface area contributed by atoms with E-state index in [9.17, 15) is 26.4 Å². The molecule has 0 saturated carbocycles. The van der Waals surface area contributed by atoms with Crippen LogP contribution in [0.2, 0.25) is 0 Å². The number of nitrogens with one attached hydrogen (secondary N) is 2. The molecule has 1 fully saturated rings. The number of rotatable bonds is 7. The number of sulfonamides is 1. The number of hydrogen-bond acceptors (Lipinski definition) is 4. The third-order valence-electron chi connectivity index (χ3n) is 4.97. The third-order valence-corrected chi connectivity index (χ3v) is 6.54. The van der Waals surface area contributed by atoms with Crippen molar-refractivity contribution in [3.63, 3.8) is 0 Å². The lowest BCUT2D eigenvalue weighted by atomic mass is 10.1. The van der Waals surface area contributed by atoms with E-state index in [1.54, 1.807) is 0 Å². The molecule has 162 valence electrons. The van der Waals surface area contributed by atoms with Crippen molar-refractivity contribution in [3.8, 4) is 0 Å². The third kappa shape index (κ3) is 5.11. The summed E-state index contributed by atoms with van der Waals surface area (Å²) in [4.78, 5) is 13.7. The lowest BCUT2D eigenvalue weighted by molar-refractivity contribution is -0.122. The highest BCUT2D eigenvalue weighted by Gasteiger charge is 2.27. The molecular weight excluding hydrogens is 419 g/mol. The predicted molar refractivity (Wildman–Crippen MR) is 106 cm³/mol. The van der Waals surface area contributed by atoms with Gasteiger partial charge in [-0.25, -0.2) is 21.6 Å². The van der Waals surface area contributed by atoms with Crippen LogP contribution in [0.5, 0.6) is 0 Å². The van der Waals surface area contributed by atoms with Crippen molar-refractivity contribution < 1.29 is 26.4 Å². The van der Waals surface area contributed by atoms with Crippen molar-refractivity contribution in [2.24, 2.45) is 5.92 Å². The molecule has 1 heterocycles. The number of halogens is 3. The van der Waals surface area contributed by atoms with E-state index < -0.39 is 44.3 Å². The molecule has 2 aromatic rings. The van der Waals surface area contributed by atoms with Gasteiger partial charge in [-0.1, -0.05) is 12.1 Å². The molecule has 1 aliphatic heterocycles. The minimum Gasteiger partial charge on any atom is -0.371 e. The van der Waals surface area contributed by atoms with Crippen LogP contribution in [0.4, 0.5) is 18.9 Å². The number of carbonyl (C=O) groups excluding carboxylic acids is 1. The van der Waals surface area contributed by atoms with Gasteiger partial charge in [0, 0.05) is 31.4 Å². The summed E-state index contributed by atoms with van der Waals surface area (Å²) >= 11 is 0. The highest BCUT2D eigenvalue weighted by molar-refractivity contribution is 7.89. The van der Waals surface area contributed by atoms with Gasteiger partial charge in [-0.15, -0.1) is 0 Å². The van der Waals surface area contributed by atoms with E-state index in [0.717, 1.165) is 30.7 Å². The van der Waals surface area contributed by atoms with E-state index in [0.29, 0.717) is 25.3 Å². The molecule has 1 saturated heterocycles. The lowest BCUT2D eigenvalue weighted by Gasteiger charge is -2.20. The number of nitrogens with zero attached hydrogens (tertiary/aromatic N) is 1. The van der Waals surface area contributed by atoms with E-state index in [1.807, 2.05) is 4.90 Å². The predicted octanol–water partition coefficient (Wildman–Crippen LogP) is 2.41. The van der Waals surface area contributed by atoms with Gasteiger partial charge in [-0.05, 0) is 43.5 Å². The van der Waals surface area contributed by atoms with Gasteiger partial charge < -0.3 is 10.2 Å². The smallest absolute Gasteiger partial charge is 0.244 e. The molecule has 2 aromatic carbocycles. The quantitative estimate of drug-likeness (QED) is 0.692. The summed E-state index contributed by atoms with van der Waals surface area (Å²) in [5.74, 6) is -3.20. The Morgan fingerprint density at radius 2 is 1.87 bits per heavy atom. The van der Waals surface area contributed by atoms with Crippen LogP contribution in [0.1, 0.15) is 13.3 Å². The zero-order valence-electron chi connectivity index (χ0n) is 16.2. The minimum absolute atomic E-state index is 0.0671. The summed E-state index contributed by atoms with van der Waals surface area (Å²) in [6, 6.07) is 7.51. The second kappa shape index (κ2) is 9.05. The molecular formula is C20H22F3N3O3S. The Morgan fingerprint density at radius 1 is 1.13 bits per heavy atom. The van der Waals surface area contributed by atoms with Crippen molar-refractivity contribution in [1.82, 2.24) is 10.0 Å². The Labute approximate surface area is 173 Å². The summed E-state index contributed by atoms with van der Waals surface area (Å²) in [6.07, 6.45) is 0.731. The molecule has 0 aromatic heterocycles. The summed E-state index contributed by atoms with van der Waals surface area (Å²) < 4.78 is 67.0. The fourth-order valence-corrected chi connectivity index (χ4v) is 4.61. The molecule has 1 amide bonds. The maximum atomic E-state index is 13.7. The van der Waals surface area contributed by atoms with E-state index in [1.165, 1.54) is 25.1 Å². The van der Waals surface area contributed by atoms with Crippen LogP contribution in [0.15, 0.2) is 47.4 Å². The Balaban J connectivity index is 1.52. The van der Waals surface area contributed by atoms with E-state index >= 15 is 0 Å². The molecule has 1 unspecified atom stereocenters. The molecule has 0 radical (unpaired) electrons. The first-order valence-electron chi connectivity index (χ1n) is 9.42. The Bertz CT molecular complexity index is 1030. The van der Waals surface area contributed by atoms with Crippen LogP contribution in [-0.4, -0.2) is 40.0 Å². The highest BCUT2D eigenvalue weighted by Crippen LogP contribution is 2.25. The molecule has 30 heavy (non-hydrogen) atoms. The number of anilines is 1. The van der Waals surface area contributed by atoms with Gasteiger partial charge in [0.1, 0.15) is 10.7 Å². The Morgan fingerprint density at radius 3 is 2.57 bits per heavy atom. The molecule has 3 rings (SSSR count). The van der Waals surface area contributed by atoms with E-state index in [-0.39, 0.29) is 5.92 Å². The molecule has 6 nitrogen and oxygen atoms in total. The van der Waals surface area contributed by atoms with Crippen molar-refractivity contribution in [2.75, 3.05) is 24.5 Å². The first-order valence-corrected chi connectivity index (χ1v) is 10.9. The maximum Gasteiger partial charge on any atom is 0.244 e. The second-order valence-corrected chi connectivity index (χ2v) is 8.90. The van der Waals surface area contributed by atoms with Crippen LogP contribution in [0, 0.1) is 23.4 Å². The van der Waals surface area contributed by atoms with Gasteiger partial charge in [0.2, 0.25) is 15.9 Å². The van der Waals surface area contributed by atoms with Crippen LogP contribution >= 0.6 is 0 Å². The molecule has 0 spiro atoms. The lowest BCUT2D eigenvalue weighted by Crippen LogP contribution is -2.46. The van der Waals surface area contributed by atoms with Gasteiger partial charge in [0.05, 0.1) is 6.04 Å². The number of carbonyl (C=O) groups is 1. The van der Waals surface area contributed by atoms with Gasteiger partial charge >= 0.3 is 0 Å². The molecule has 1 aliphatic rings. The van der Waals surface area contributed by atoms with Crippen LogP contribution < -0.4 is 14.9 Å². The second-order valence-electron chi connectivity index (χ2n) is 7.22. The monoisotopic (exact) mass is 441 g/mol. The van der Waals surface area contributed by atoms with Crippen LogP contribution in [0.3, 0.4) is 0 Å². The Hall–Kier alpha value is -2.59. The summed E-state index contributed by atoms with van der Waals surface area (Å²) in [7, 11) is -4.19. The van der Waals surface area contributed by atoms with Crippen LogP contribution in [-0.2, 0) is 14.8 Å². The summed E-state index contributed by atoms with van der Waals surface area (Å²) in [5, 5.41) is 2.69. The van der Waals surface area contributed by atoms with Crippen molar-refractivity contribution in [2.45, 2.75) is 24.3 Å². The zero-order valence-corrected chi connectivity index (χ0v) is 17.1. The molecule has 10 heteroatoms. The summed E-state index contributed by atoms with van der Waals surface area (Å²) in [6.45, 7) is 2.84. The van der Waals surface area contributed by atoms with E-state index in [2.05, 4.69) is 10.0 Å². The minimum atomic E-state index is -4.19. The maximum absolute atomic E-state index is 13.7. The van der Waals surface area contributed by atoms with Crippen molar-refractivity contribution in [1.29, 1.82) is 0 Å². The number of hydrogen-bond donors (Lipinski definition) is 2. The normalized spacial score (nSPS) is 17.7. The first-order chi connectivity index (χ1) is 14.2. The van der Waals surface area contributed by atoms with Gasteiger partial charge in [-0.3, -0.25) is 4.79 Å². The fourth-order valence-electron chi connectivity index (χ4n) is 3.33. The first kappa shape index (κ1) is 22.1.